The van der Waals surface area contributed by atoms with E-state index in [-0.39, 0.29) is 10.9 Å². The zero-order valence-corrected chi connectivity index (χ0v) is 8.83. The molecule has 0 saturated carbocycles. The molecule has 0 radical (unpaired) electrons. The zero-order valence-electron chi connectivity index (χ0n) is 8.01. The molecule has 0 amide bonds. The molecule has 1 aromatic rings. The largest absolute Gasteiger partial charge is 0.493 e. The van der Waals surface area contributed by atoms with Crippen LogP contribution in [0, 0.1) is 0 Å². The zero-order chi connectivity index (χ0) is 11.1. The lowest BCUT2D eigenvalue weighted by molar-refractivity contribution is 0.268. The maximum atomic E-state index is 11.1. The summed E-state index contributed by atoms with van der Waals surface area (Å²) in [4.78, 5) is 0.0513. The van der Waals surface area contributed by atoms with Gasteiger partial charge >= 0.3 is 0 Å². The van der Waals surface area contributed by atoms with Gasteiger partial charge in [-0.3, -0.25) is 0 Å². The SMILES string of the molecule is N[C@H]1CCOc2cc(S(N)(=O)=O)ccc21. The van der Waals surface area contributed by atoms with Crippen LogP contribution in [0.15, 0.2) is 23.1 Å². The first-order valence-corrected chi connectivity index (χ1v) is 6.08. The average molecular weight is 228 g/mol. The van der Waals surface area contributed by atoms with Gasteiger partial charge in [0.2, 0.25) is 10.0 Å². The van der Waals surface area contributed by atoms with Gasteiger partial charge in [0, 0.05) is 24.1 Å². The third-order valence-corrected chi connectivity index (χ3v) is 3.31. The number of sulfonamides is 1. The van der Waals surface area contributed by atoms with Crippen molar-refractivity contribution >= 4 is 10.0 Å². The van der Waals surface area contributed by atoms with Crippen molar-refractivity contribution in [1.82, 2.24) is 0 Å². The highest BCUT2D eigenvalue weighted by Gasteiger charge is 2.20. The highest BCUT2D eigenvalue weighted by Crippen LogP contribution is 2.31. The molecule has 82 valence electrons. The molecule has 6 heteroatoms. The monoisotopic (exact) mass is 228 g/mol. The van der Waals surface area contributed by atoms with Gasteiger partial charge in [0.1, 0.15) is 5.75 Å². The van der Waals surface area contributed by atoms with Crippen LogP contribution in [0.2, 0.25) is 0 Å². The molecule has 1 aliphatic heterocycles. The Hall–Kier alpha value is -1.11. The van der Waals surface area contributed by atoms with Crippen molar-refractivity contribution in [2.24, 2.45) is 10.9 Å². The number of hydrogen-bond donors (Lipinski definition) is 2. The van der Waals surface area contributed by atoms with E-state index in [1.807, 2.05) is 0 Å². The van der Waals surface area contributed by atoms with Crippen LogP contribution in [0.4, 0.5) is 0 Å². The van der Waals surface area contributed by atoms with Crippen LogP contribution < -0.4 is 15.6 Å². The number of benzene rings is 1. The Morgan fingerprint density at radius 2 is 2.13 bits per heavy atom. The molecule has 15 heavy (non-hydrogen) atoms. The molecule has 1 aromatic carbocycles. The van der Waals surface area contributed by atoms with Crippen molar-refractivity contribution in [3.05, 3.63) is 23.8 Å². The van der Waals surface area contributed by atoms with Crippen molar-refractivity contribution in [1.29, 1.82) is 0 Å². The first kappa shape index (κ1) is 10.4. The number of fused-ring (bicyclic) bond motifs is 1. The molecule has 0 spiro atoms. The Balaban J connectivity index is 2.51. The summed E-state index contributed by atoms with van der Waals surface area (Å²) in [6, 6.07) is 4.42. The summed E-state index contributed by atoms with van der Waals surface area (Å²) < 4.78 is 27.5. The van der Waals surface area contributed by atoms with Crippen LogP contribution in [0.3, 0.4) is 0 Å². The van der Waals surface area contributed by atoms with E-state index >= 15 is 0 Å². The van der Waals surface area contributed by atoms with Crippen LogP contribution >= 0.6 is 0 Å². The second-order valence-electron chi connectivity index (χ2n) is 3.49. The Morgan fingerprint density at radius 1 is 1.40 bits per heavy atom. The molecule has 0 aromatic heterocycles. The molecule has 4 N–H and O–H groups in total. The molecule has 0 fully saturated rings. The van der Waals surface area contributed by atoms with Crippen molar-refractivity contribution in [2.75, 3.05) is 6.61 Å². The minimum atomic E-state index is -3.67. The Morgan fingerprint density at radius 3 is 2.80 bits per heavy atom. The Kier molecular flexibility index (Phi) is 2.41. The van der Waals surface area contributed by atoms with Crippen molar-refractivity contribution < 1.29 is 13.2 Å². The lowest BCUT2D eigenvalue weighted by atomic mass is 10.0. The summed E-state index contributed by atoms with van der Waals surface area (Å²) in [6.07, 6.45) is 0.738. The third-order valence-electron chi connectivity index (χ3n) is 2.40. The van der Waals surface area contributed by atoms with E-state index in [0.29, 0.717) is 12.4 Å². The van der Waals surface area contributed by atoms with Gasteiger partial charge < -0.3 is 10.5 Å². The number of primary sulfonamides is 1. The van der Waals surface area contributed by atoms with Gasteiger partial charge in [0.15, 0.2) is 0 Å². The average Bonchev–Trinajstić information content (AvgIpc) is 2.16. The number of rotatable bonds is 1. The summed E-state index contributed by atoms with van der Waals surface area (Å²) in [7, 11) is -3.67. The number of hydrogen-bond acceptors (Lipinski definition) is 4. The van der Waals surface area contributed by atoms with E-state index in [1.165, 1.54) is 12.1 Å². The first-order valence-electron chi connectivity index (χ1n) is 4.53. The van der Waals surface area contributed by atoms with E-state index in [1.54, 1.807) is 6.07 Å². The van der Waals surface area contributed by atoms with Gasteiger partial charge in [-0.1, -0.05) is 6.07 Å². The number of ether oxygens (including phenoxy) is 1. The summed E-state index contributed by atoms with van der Waals surface area (Å²) in [6.45, 7) is 0.502. The molecular weight excluding hydrogens is 216 g/mol. The quantitative estimate of drug-likeness (QED) is 0.713. The maximum absolute atomic E-state index is 11.1. The standard InChI is InChI=1S/C9H12N2O3S/c10-8-3-4-14-9-5-6(15(11,12)13)1-2-7(8)9/h1-2,5,8H,3-4,10H2,(H2,11,12,13)/t8-/m0/s1. The smallest absolute Gasteiger partial charge is 0.238 e. The fourth-order valence-corrected chi connectivity index (χ4v) is 2.10. The molecule has 5 nitrogen and oxygen atoms in total. The molecule has 0 unspecified atom stereocenters. The summed E-state index contributed by atoms with van der Waals surface area (Å²) in [5.41, 5.74) is 6.67. The lowest BCUT2D eigenvalue weighted by Crippen LogP contribution is -2.21. The number of nitrogens with two attached hydrogens (primary N) is 2. The molecular formula is C9H12N2O3S. The topological polar surface area (TPSA) is 95.4 Å². The Labute approximate surface area is 88.1 Å². The van der Waals surface area contributed by atoms with Crippen molar-refractivity contribution in [3.8, 4) is 5.75 Å². The van der Waals surface area contributed by atoms with Gasteiger partial charge in [0.05, 0.1) is 11.5 Å². The fourth-order valence-electron chi connectivity index (χ4n) is 1.57. The first-order chi connectivity index (χ1) is 6.98. The molecule has 2 rings (SSSR count). The van der Waals surface area contributed by atoms with Crippen molar-refractivity contribution in [3.63, 3.8) is 0 Å². The van der Waals surface area contributed by atoms with Gasteiger partial charge in [-0.25, -0.2) is 13.6 Å². The van der Waals surface area contributed by atoms with E-state index < -0.39 is 10.0 Å². The molecule has 0 aliphatic carbocycles. The molecule has 1 heterocycles. The molecule has 1 atom stereocenters. The van der Waals surface area contributed by atoms with E-state index in [2.05, 4.69) is 0 Å². The van der Waals surface area contributed by atoms with Crippen LogP contribution in [0.25, 0.3) is 0 Å². The molecule has 1 aliphatic rings. The summed E-state index contributed by atoms with van der Waals surface area (Å²) in [5.74, 6) is 0.514. The minimum absolute atomic E-state index is 0.0513. The molecule has 0 bridgehead atoms. The van der Waals surface area contributed by atoms with Gasteiger partial charge in [0.25, 0.3) is 0 Å². The predicted octanol–water partition coefficient (Wildman–Crippen LogP) is 0.116. The predicted molar refractivity (Wildman–Crippen MR) is 54.9 cm³/mol. The van der Waals surface area contributed by atoms with Crippen LogP contribution in [-0.2, 0) is 10.0 Å². The highest BCUT2D eigenvalue weighted by molar-refractivity contribution is 7.89. The fraction of sp³-hybridized carbons (Fsp3) is 0.333. The van der Waals surface area contributed by atoms with Crippen LogP contribution in [0.5, 0.6) is 5.75 Å². The second kappa shape index (κ2) is 3.48. The van der Waals surface area contributed by atoms with E-state index in [4.69, 9.17) is 15.6 Å². The third kappa shape index (κ3) is 1.97. The molecule has 0 saturated heterocycles. The van der Waals surface area contributed by atoms with Gasteiger partial charge in [-0.15, -0.1) is 0 Å². The van der Waals surface area contributed by atoms with E-state index in [9.17, 15) is 8.42 Å². The normalized spacial score (nSPS) is 20.5. The second-order valence-corrected chi connectivity index (χ2v) is 5.05. The maximum Gasteiger partial charge on any atom is 0.238 e. The van der Waals surface area contributed by atoms with Crippen LogP contribution in [-0.4, -0.2) is 15.0 Å². The highest BCUT2D eigenvalue weighted by atomic mass is 32.2. The van der Waals surface area contributed by atoms with E-state index in [0.717, 1.165) is 12.0 Å². The van der Waals surface area contributed by atoms with Gasteiger partial charge in [-0.2, -0.15) is 0 Å². The minimum Gasteiger partial charge on any atom is -0.493 e. The Bertz CT molecular complexity index is 484. The van der Waals surface area contributed by atoms with Crippen molar-refractivity contribution in [2.45, 2.75) is 17.4 Å². The lowest BCUT2D eigenvalue weighted by Gasteiger charge is -2.23. The summed E-state index contributed by atoms with van der Waals surface area (Å²) in [5, 5.41) is 5.01. The van der Waals surface area contributed by atoms with Gasteiger partial charge in [-0.05, 0) is 6.07 Å². The summed E-state index contributed by atoms with van der Waals surface area (Å²) >= 11 is 0. The van der Waals surface area contributed by atoms with Crippen LogP contribution in [0.1, 0.15) is 18.0 Å².